The number of nitrogens with zero attached hydrogens (tertiary/aromatic N) is 2. The first-order valence-corrected chi connectivity index (χ1v) is 14.5. The van der Waals surface area contributed by atoms with Crippen molar-refractivity contribution in [3.8, 4) is 44.5 Å². The Morgan fingerprint density at radius 3 is 1.21 bits per heavy atom. The van der Waals surface area contributed by atoms with E-state index >= 15 is 0 Å². The van der Waals surface area contributed by atoms with Gasteiger partial charge >= 0.3 is 21.1 Å². The first-order chi connectivity index (χ1) is 20.7. The van der Waals surface area contributed by atoms with Gasteiger partial charge in [0.05, 0.1) is 0 Å². The maximum absolute atomic E-state index is 3.87. The number of hydrogen-bond acceptors (Lipinski definition) is 2. The molecule has 0 N–H and O–H groups in total. The molecule has 0 saturated heterocycles. The molecule has 0 fully saturated rings. The minimum Gasteiger partial charge on any atom is -0.379 e. The van der Waals surface area contributed by atoms with Gasteiger partial charge in [0.15, 0.2) is 0 Å². The number of para-hydroxylation sites is 2. The Balaban J connectivity index is 0.00000329. The molecule has 4 bridgehead atoms. The second-order valence-corrected chi connectivity index (χ2v) is 11.0. The topological polar surface area (TPSA) is 6.48 Å². The van der Waals surface area contributed by atoms with E-state index in [4.69, 9.17) is 0 Å². The van der Waals surface area contributed by atoms with Crippen LogP contribution in [0.1, 0.15) is 11.1 Å². The molecule has 3 heteroatoms. The minimum absolute atomic E-state index is 0. The molecule has 0 saturated carbocycles. The van der Waals surface area contributed by atoms with Crippen molar-refractivity contribution in [2.45, 2.75) is 13.1 Å². The van der Waals surface area contributed by atoms with Gasteiger partial charge in [-0.1, -0.05) is 130 Å². The maximum atomic E-state index is 3.87. The van der Waals surface area contributed by atoms with E-state index in [-0.39, 0.29) is 21.1 Å². The third kappa shape index (κ3) is 5.68. The summed E-state index contributed by atoms with van der Waals surface area (Å²) in [7, 11) is 4.36. The molecule has 0 radical (unpaired) electrons. The van der Waals surface area contributed by atoms with E-state index in [1.54, 1.807) is 0 Å². The summed E-state index contributed by atoms with van der Waals surface area (Å²) in [4.78, 5) is 4.69. The van der Waals surface area contributed by atoms with Gasteiger partial charge in [0, 0.05) is 38.6 Å². The smallest absolute Gasteiger partial charge is 0.379 e. The van der Waals surface area contributed by atoms with Gasteiger partial charge in [-0.2, -0.15) is 0 Å². The van der Waals surface area contributed by atoms with Crippen LogP contribution in [0.2, 0.25) is 0 Å². The van der Waals surface area contributed by atoms with Crippen molar-refractivity contribution in [3.63, 3.8) is 0 Å². The fraction of sp³-hybridized carbons (Fsp3) is 0.100. The number of fused-ring (bicyclic) bond motifs is 8. The SMILES string of the molecule is CN1Cc2[c-]c(ccc2-c2ccccc2)-c2ccccc2N(C)Cc2[c-]c(ccc2-c2ccccc2)-c2ccccc21.[Pt+4]. The van der Waals surface area contributed by atoms with Gasteiger partial charge in [-0.3, -0.25) is 0 Å². The molecule has 210 valence electrons. The average molecular weight is 736 g/mol. The molecule has 1 aliphatic heterocycles. The molecule has 0 atom stereocenters. The Bertz CT molecular complexity index is 1730. The molecule has 1 aliphatic rings. The van der Waals surface area contributed by atoms with Gasteiger partial charge in [0.2, 0.25) is 0 Å². The number of rotatable bonds is 2. The second kappa shape index (κ2) is 12.5. The quantitative estimate of drug-likeness (QED) is 0.164. The molecule has 43 heavy (non-hydrogen) atoms. The molecule has 2 nitrogen and oxygen atoms in total. The average Bonchev–Trinajstić information content (AvgIpc) is 3.05. The molecule has 0 amide bonds. The normalized spacial score (nSPS) is 12.4. The zero-order valence-corrected chi connectivity index (χ0v) is 26.6. The van der Waals surface area contributed by atoms with Gasteiger partial charge in [-0.15, -0.1) is 58.7 Å². The molecule has 0 aromatic heterocycles. The summed E-state index contributed by atoms with van der Waals surface area (Å²) >= 11 is 0. The van der Waals surface area contributed by atoms with Crippen LogP contribution in [0.5, 0.6) is 0 Å². The Hall–Kier alpha value is -4.39. The summed E-state index contributed by atoms with van der Waals surface area (Å²) in [6.07, 6.45) is 0. The van der Waals surface area contributed by atoms with Crippen LogP contribution >= 0.6 is 0 Å². The summed E-state index contributed by atoms with van der Waals surface area (Å²) in [6, 6.07) is 55.4. The first-order valence-electron chi connectivity index (χ1n) is 14.5. The number of anilines is 2. The van der Waals surface area contributed by atoms with Crippen molar-refractivity contribution < 1.29 is 21.1 Å². The fourth-order valence-corrected chi connectivity index (χ4v) is 6.13. The summed E-state index contributed by atoms with van der Waals surface area (Å²) in [5.74, 6) is 0. The van der Waals surface area contributed by atoms with Crippen molar-refractivity contribution in [3.05, 3.63) is 157 Å². The van der Waals surface area contributed by atoms with Gasteiger partial charge in [0.25, 0.3) is 0 Å². The van der Waals surface area contributed by atoms with E-state index in [0.717, 1.165) is 24.2 Å². The Kier molecular flexibility index (Phi) is 8.32. The zero-order chi connectivity index (χ0) is 28.5. The molecular formula is C40H32N2Pt+2. The predicted molar refractivity (Wildman–Crippen MR) is 177 cm³/mol. The molecule has 0 spiro atoms. The molecule has 7 rings (SSSR count). The second-order valence-electron chi connectivity index (χ2n) is 11.0. The first kappa shape index (κ1) is 28.7. The van der Waals surface area contributed by atoms with Gasteiger partial charge in [-0.05, 0) is 12.1 Å². The third-order valence-electron chi connectivity index (χ3n) is 8.23. The largest absolute Gasteiger partial charge is 4.00 e. The van der Waals surface area contributed by atoms with Crippen LogP contribution in [0.25, 0.3) is 44.5 Å². The third-order valence-corrected chi connectivity index (χ3v) is 8.23. The summed E-state index contributed by atoms with van der Waals surface area (Å²) in [5, 5.41) is 0. The summed E-state index contributed by atoms with van der Waals surface area (Å²) in [5.41, 5.74) is 14.1. The van der Waals surface area contributed by atoms with Crippen LogP contribution in [0.15, 0.2) is 133 Å². The number of hydrogen-bond donors (Lipinski definition) is 0. The van der Waals surface area contributed by atoms with Crippen LogP contribution in [-0.2, 0) is 34.2 Å². The van der Waals surface area contributed by atoms with Gasteiger partial charge < -0.3 is 9.80 Å². The van der Waals surface area contributed by atoms with E-state index in [0.29, 0.717) is 0 Å². The standard InChI is InChI=1S/C40H32N2.Pt/c1-41-27-33-25-32(22-23-35(33)29-13-5-3-6-14-29)38-18-10-12-20-40(38)42(2)28-34-26-31(37-17-9-11-19-39(37)41)21-24-36(34)30-15-7-4-8-16-30;/h3-24H,27-28H2,1-2H3;/q-2;+4. The fourth-order valence-electron chi connectivity index (χ4n) is 6.13. The Labute approximate surface area is 269 Å². The van der Waals surface area contributed by atoms with Crippen LogP contribution in [0, 0.1) is 12.1 Å². The molecular weight excluding hydrogens is 704 g/mol. The molecule has 1 heterocycles. The van der Waals surface area contributed by atoms with Crippen molar-refractivity contribution >= 4 is 11.4 Å². The van der Waals surface area contributed by atoms with Crippen LogP contribution in [0.3, 0.4) is 0 Å². The monoisotopic (exact) mass is 735 g/mol. The van der Waals surface area contributed by atoms with Crippen molar-refractivity contribution in [2.75, 3.05) is 23.9 Å². The van der Waals surface area contributed by atoms with E-state index in [2.05, 4.69) is 169 Å². The van der Waals surface area contributed by atoms with E-state index in [9.17, 15) is 0 Å². The molecule has 6 aromatic carbocycles. The summed E-state index contributed by atoms with van der Waals surface area (Å²) in [6.45, 7) is 1.45. The van der Waals surface area contributed by atoms with E-state index in [1.807, 2.05) is 0 Å². The van der Waals surface area contributed by atoms with Crippen LogP contribution < -0.4 is 9.80 Å². The molecule has 0 unspecified atom stereocenters. The molecule has 0 aliphatic carbocycles. The van der Waals surface area contributed by atoms with Crippen molar-refractivity contribution in [1.82, 2.24) is 0 Å². The Morgan fingerprint density at radius 2 is 0.791 bits per heavy atom. The minimum atomic E-state index is 0. The van der Waals surface area contributed by atoms with Crippen LogP contribution in [0.4, 0.5) is 11.4 Å². The van der Waals surface area contributed by atoms with Crippen molar-refractivity contribution in [1.29, 1.82) is 0 Å². The van der Waals surface area contributed by atoms with E-state index in [1.165, 1.54) is 55.9 Å². The Morgan fingerprint density at radius 1 is 0.419 bits per heavy atom. The number of benzene rings is 6. The predicted octanol–water partition coefficient (Wildman–Crippen LogP) is 9.54. The van der Waals surface area contributed by atoms with Gasteiger partial charge in [-0.25, -0.2) is 0 Å². The van der Waals surface area contributed by atoms with Crippen molar-refractivity contribution in [2.24, 2.45) is 0 Å². The maximum Gasteiger partial charge on any atom is 4.00 e. The zero-order valence-electron chi connectivity index (χ0n) is 24.3. The van der Waals surface area contributed by atoms with Crippen LogP contribution in [-0.4, -0.2) is 14.1 Å². The van der Waals surface area contributed by atoms with E-state index < -0.39 is 0 Å². The summed E-state index contributed by atoms with van der Waals surface area (Å²) < 4.78 is 0. The van der Waals surface area contributed by atoms with Gasteiger partial charge in [0.1, 0.15) is 0 Å². The molecule has 6 aromatic rings.